The number of anilines is 2. The lowest BCUT2D eigenvalue weighted by Gasteiger charge is -2.08. The van der Waals surface area contributed by atoms with Crippen molar-refractivity contribution in [2.45, 2.75) is 6.92 Å². The highest BCUT2D eigenvalue weighted by atomic mass is 79.9. The van der Waals surface area contributed by atoms with Gasteiger partial charge in [0.1, 0.15) is 0 Å². The number of rotatable bonds is 5. The molecule has 124 valence electrons. The molecule has 2 aromatic carbocycles. The van der Waals surface area contributed by atoms with Crippen LogP contribution in [0.2, 0.25) is 0 Å². The molecule has 3 amide bonds. The molecule has 0 aromatic heterocycles. The van der Waals surface area contributed by atoms with E-state index in [1.165, 1.54) is 6.92 Å². The van der Waals surface area contributed by atoms with E-state index in [4.69, 9.17) is 0 Å². The average Bonchev–Trinajstić information content (AvgIpc) is 2.54. The first kappa shape index (κ1) is 17.7. The van der Waals surface area contributed by atoms with Crippen molar-refractivity contribution < 1.29 is 14.4 Å². The summed E-state index contributed by atoms with van der Waals surface area (Å²) >= 11 is 3.29. The van der Waals surface area contributed by atoms with Crippen LogP contribution in [0.5, 0.6) is 0 Å². The van der Waals surface area contributed by atoms with Crippen LogP contribution >= 0.6 is 15.9 Å². The van der Waals surface area contributed by atoms with Crippen molar-refractivity contribution in [3.05, 3.63) is 58.6 Å². The van der Waals surface area contributed by atoms with E-state index in [9.17, 15) is 14.4 Å². The second-order valence-electron chi connectivity index (χ2n) is 5.00. The quantitative estimate of drug-likeness (QED) is 0.734. The zero-order valence-corrected chi connectivity index (χ0v) is 14.5. The van der Waals surface area contributed by atoms with Gasteiger partial charge in [-0.2, -0.15) is 0 Å². The molecular formula is C17H16BrN3O3. The number of amides is 3. The Morgan fingerprint density at radius 1 is 0.875 bits per heavy atom. The molecule has 0 heterocycles. The van der Waals surface area contributed by atoms with Gasteiger partial charge in [0.15, 0.2) is 0 Å². The molecule has 0 atom stereocenters. The summed E-state index contributed by atoms with van der Waals surface area (Å²) in [6.45, 7) is 1.28. The van der Waals surface area contributed by atoms with Gasteiger partial charge in [0.25, 0.3) is 5.91 Å². The van der Waals surface area contributed by atoms with Gasteiger partial charge in [0.2, 0.25) is 11.8 Å². The molecule has 0 saturated carbocycles. The van der Waals surface area contributed by atoms with E-state index in [1.807, 2.05) is 0 Å². The number of benzene rings is 2. The fourth-order valence-corrected chi connectivity index (χ4v) is 2.17. The van der Waals surface area contributed by atoms with Crippen molar-refractivity contribution in [2.75, 3.05) is 17.2 Å². The summed E-state index contributed by atoms with van der Waals surface area (Å²) < 4.78 is 0.875. The van der Waals surface area contributed by atoms with Gasteiger partial charge in [0, 0.05) is 28.3 Å². The summed E-state index contributed by atoms with van der Waals surface area (Å²) in [6, 6.07) is 13.5. The third kappa shape index (κ3) is 5.51. The predicted octanol–water partition coefficient (Wildman–Crippen LogP) is 2.78. The first-order valence-electron chi connectivity index (χ1n) is 7.15. The summed E-state index contributed by atoms with van der Waals surface area (Å²) in [7, 11) is 0. The van der Waals surface area contributed by atoms with Gasteiger partial charge >= 0.3 is 0 Å². The lowest BCUT2D eigenvalue weighted by Crippen LogP contribution is -2.32. The highest BCUT2D eigenvalue weighted by molar-refractivity contribution is 9.10. The SMILES string of the molecule is CC(=O)Nc1ccc(NC(=O)CNC(=O)c2ccc(Br)cc2)cc1. The number of carbonyl (C=O) groups excluding carboxylic acids is 3. The van der Waals surface area contributed by atoms with Gasteiger partial charge in [-0.15, -0.1) is 0 Å². The van der Waals surface area contributed by atoms with Crippen LogP contribution in [0.1, 0.15) is 17.3 Å². The summed E-state index contributed by atoms with van der Waals surface area (Å²) in [6.07, 6.45) is 0. The fraction of sp³-hybridized carbons (Fsp3) is 0.118. The zero-order valence-electron chi connectivity index (χ0n) is 12.9. The Kier molecular flexibility index (Phi) is 6.08. The van der Waals surface area contributed by atoms with E-state index in [1.54, 1.807) is 48.5 Å². The molecule has 0 saturated heterocycles. The molecule has 7 heteroatoms. The van der Waals surface area contributed by atoms with Crippen molar-refractivity contribution in [2.24, 2.45) is 0 Å². The smallest absolute Gasteiger partial charge is 0.251 e. The molecular weight excluding hydrogens is 374 g/mol. The predicted molar refractivity (Wildman–Crippen MR) is 95.9 cm³/mol. The van der Waals surface area contributed by atoms with Crippen molar-refractivity contribution in [3.63, 3.8) is 0 Å². The van der Waals surface area contributed by atoms with Crippen LogP contribution in [0, 0.1) is 0 Å². The highest BCUT2D eigenvalue weighted by Gasteiger charge is 2.08. The zero-order chi connectivity index (χ0) is 17.5. The summed E-state index contributed by atoms with van der Waals surface area (Å²) in [5, 5.41) is 7.85. The molecule has 2 rings (SSSR count). The molecule has 0 fully saturated rings. The van der Waals surface area contributed by atoms with Gasteiger partial charge in [-0.25, -0.2) is 0 Å². The van der Waals surface area contributed by atoms with Crippen molar-refractivity contribution in [3.8, 4) is 0 Å². The van der Waals surface area contributed by atoms with Crippen LogP contribution in [-0.2, 0) is 9.59 Å². The molecule has 6 nitrogen and oxygen atoms in total. The third-order valence-electron chi connectivity index (χ3n) is 3.00. The van der Waals surface area contributed by atoms with E-state index in [-0.39, 0.29) is 24.3 Å². The normalized spacial score (nSPS) is 9.92. The number of hydrogen-bond acceptors (Lipinski definition) is 3. The number of carbonyl (C=O) groups is 3. The Morgan fingerprint density at radius 2 is 1.42 bits per heavy atom. The van der Waals surface area contributed by atoms with Crippen molar-refractivity contribution in [1.82, 2.24) is 5.32 Å². The Morgan fingerprint density at radius 3 is 1.96 bits per heavy atom. The molecule has 0 aliphatic heterocycles. The summed E-state index contributed by atoms with van der Waals surface area (Å²) in [5.74, 6) is -0.825. The molecule has 24 heavy (non-hydrogen) atoms. The van der Waals surface area contributed by atoms with Crippen LogP contribution in [-0.4, -0.2) is 24.3 Å². The van der Waals surface area contributed by atoms with Gasteiger partial charge < -0.3 is 16.0 Å². The molecule has 0 aliphatic rings. The monoisotopic (exact) mass is 389 g/mol. The van der Waals surface area contributed by atoms with Gasteiger partial charge in [0.05, 0.1) is 6.54 Å². The Hall–Kier alpha value is -2.67. The molecule has 0 radical (unpaired) electrons. The van der Waals surface area contributed by atoms with Crippen LogP contribution in [0.15, 0.2) is 53.0 Å². The van der Waals surface area contributed by atoms with Crippen molar-refractivity contribution in [1.29, 1.82) is 0 Å². The second-order valence-corrected chi connectivity index (χ2v) is 5.91. The molecule has 0 unspecified atom stereocenters. The van der Waals surface area contributed by atoms with Crippen LogP contribution < -0.4 is 16.0 Å². The topological polar surface area (TPSA) is 87.3 Å². The van der Waals surface area contributed by atoms with E-state index < -0.39 is 0 Å². The standard InChI is InChI=1S/C17H16BrN3O3/c1-11(22)20-14-6-8-15(9-7-14)21-16(23)10-19-17(24)12-2-4-13(18)5-3-12/h2-9H,10H2,1H3,(H,19,24)(H,20,22)(H,21,23). The largest absolute Gasteiger partial charge is 0.343 e. The number of nitrogens with one attached hydrogen (secondary N) is 3. The first-order chi connectivity index (χ1) is 11.4. The summed E-state index contributed by atoms with van der Waals surface area (Å²) in [5.41, 5.74) is 1.70. The molecule has 2 aromatic rings. The van der Waals surface area contributed by atoms with Gasteiger partial charge in [-0.1, -0.05) is 15.9 Å². The van der Waals surface area contributed by atoms with Gasteiger partial charge in [-0.3, -0.25) is 14.4 Å². The lowest BCUT2D eigenvalue weighted by molar-refractivity contribution is -0.115. The molecule has 0 bridgehead atoms. The Labute approximate surface area is 147 Å². The van der Waals surface area contributed by atoms with Crippen LogP contribution in [0.3, 0.4) is 0 Å². The molecule has 3 N–H and O–H groups in total. The highest BCUT2D eigenvalue weighted by Crippen LogP contribution is 2.13. The van der Waals surface area contributed by atoms with E-state index in [2.05, 4.69) is 31.9 Å². The number of halogens is 1. The Balaban J connectivity index is 1.83. The van der Waals surface area contributed by atoms with E-state index in [0.717, 1.165) is 4.47 Å². The first-order valence-corrected chi connectivity index (χ1v) is 7.94. The minimum Gasteiger partial charge on any atom is -0.343 e. The maximum atomic E-state index is 11.9. The summed E-state index contributed by atoms with van der Waals surface area (Å²) in [4.78, 5) is 34.7. The molecule has 0 spiro atoms. The average molecular weight is 390 g/mol. The van der Waals surface area contributed by atoms with E-state index in [0.29, 0.717) is 16.9 Å². The molecule has 0 aliphatic carbocycles. The lowest BCUT2D eigenvalue weighted by atomic mass is 10.2. The maximum absolute atomic E-state index is 11.9. The minimum atomic E-state index is -0.340. The number of hydrogen-bond donors (Lipinski definition) is 3. The van der Waals surface area contributed by atoms with Gasteiger partial charge in [-0.05, 0) is 48.5 Å². The fourth-order valence-electron chi connectivity index (χ4n) is 1.91. The van der Waals surface area contributed by atoms with Crippen LogP contribution in [0.25, 0.3) is 0 Å². The van der Waals surface area contributed by atoms with E-state index >= 15 is 0 Å². The van der Waals surface area contributed by atoms with Crippen LogP contribution in [0.4, 0.5) is 11.4 Å². The maximum Gasteiger partial charge on any atom is 0.251 e. The van der Waals surface area contributed by atoms with Crippen molar-refractivity contribution >= 4 is 45.0 Å². The third-order valence-corrected chi connectivity index (χ3v) is 3.53. The Bertz CT molecular complexity index is 743. The second kappa shape index (κ2) is 8.26. The minimum absolute atomic E-state index is 0.137.